The zero-order valence-electron chi connectivity index (χ0n) is 17.5. The van der Waals surface area contributed by atoms with E-state index < -0.39 is 18.2 Å². The van der Waals surface area contributed by atoms with Crippen molar-refractivity contribution in [2.75, 3.05) is 7.11 Å². The van der Waals surface area contributed by atoms with Crippen LogP contribution in [0.2, 0.25) is 0 Å². The first kappa shape index (κ1) is 23.0. The highest BCUT2D eigenvalue weighted by Gasteiger charge is 2.15. The van der Waals surface area contributed by atoms with Gasteiger partial charge in [-0.1, -0.05) is 32.8 Å². The smallest absolute Gasteiger partial charge is 0.343 e. The summed E-state index contributed by atoms with van der Waals surface area (Å²) in [7, 11) is 1.56. The van der Waals surface area contributed by atoms with Gasteiger partial charge in [-0.25, -0.2) is 9.59 Å². The summed E-state index contributed by atoms with van der Waals surface area (Å²) in [5, 5.41) is 0. The van der Waals surface area contributed by atoms with Crippen LogP contribution in [0.25, 0.3) is 0 Å². The SMILES string of the molecule is C=CC(=O)OC(CCCCCC)Oc1ccc(OC(=O)c2ccc(OC)cc2)cc1. The van der Waals surface area contributed by atoms with Gasteiger partial charge in [-0.05, 0) is 55.0 Å². The van der Waals surface area contributed by atoms with Crippen molar-refractivity contribution in [3.63, 3.8) is 0 Å². The predicted octanol–water partition coefficient (Wildman–Crippen LogP) is 5.32. The van der Waals surface area contributed by atoms with Crippen LogP contribution >= 0.6 is 0 Å². The highest BCUT2D eigenvalue weighted by Crippen LogP contribution is 2.22. The molecule has 0 fully saturated rings. The van der Waals surface area contributed by atoms with Crippen molar-refractivity contribution in [2.24, 2.45) is 0 Å². The summed E-state index contributed by atoms with van der Waals surface area (Å²) in [6.45, 7) is 5.55. The lowest BCUT2D eigenvalue weighted by molar-refractivity contribution is -0.158. The van der Waals surface area contributed by atoms with Crippen LogP contribution in [0.1, 0.15) is 49.4 Å². The lowest BCUT2D eigenvalue weighted by atomic mass is 10.1. The predicted molar refractivity (Wildman–Crippen MR) is 114 cm³/mol. The molecule has 0 amide bonds. The van der Waals surface area contributed by atoms with Crippen molar-refractivity contribution in [3.05, 3.63) is 66.7 Å². The Balaban J connectivity index is 1.94. The summed E-state index contributed by atoms with van der Waals surface area (Å²) in [4.78, 5) is 23.8. The molecule has 2 rings (SSSR count). The van der Waals surface area contributed by atoms with Crippen molar-refractivity contribution in [3.8, 4) is 17.2 Å². The van der Waals surface area contributed by atoms with Gasteiger partial charge < -0.3 is 18.9 Å². The first-order chi connectivity index (χ1) is 14.5. The van der Waals surface area contributed by atoms with Crippen LogP contribution in [0.15, 0.2) is 61.2 Å². The second kappa shape index (κ2) is 12.3. The maximum absolute atomic E-state index is 12.2. The van der Waals surface area contributed by atoms with Gasteiger partial charge >= 0.3 is 11.9 Å². The minimum atomic E-state index is -0.694. The van der Waals surface area contributed by atoms with Gasteiger partial charge in [-0.15, -0.1) is 0 Å². The molecule has 0 saturated carbocycles. The molecule has 0 radical (unpaired) electrons. The molecule has 0 saturated heterocycles. The van der Waals surface area contributed by atoms with Gasteiger partial charge in [0, 0.05) is 12.5 Å². The molecular weight excluding hydrogens is 384 g/mol. The lowest BCUT2D eigenvalue weighted by Gasteiger charge is -2.19. The average Bonchev–Trinajstić information content (AvgIpc) is 2.77. The Bertz CT molecular complexity index is 811. The fraction of sp³-hybridized carbons (Fsp3) is 0.333. The van der Waals surface area contributed by atoms with E-state index in [0.717, 1.165) is 31.8 Å². The molecule has 0 aliphatic rings. The summed E-state index contributed by atoms with van der Waals surface area (Å²) in [5.41, 5.74) is 0.416. The highest BCUT2D eigenvalue weighted by molar-refractivity contribution is 5.91. The van der Waals surface area contributed by atoms with Gasteiger partial charge in [0.15, 0.2) is 0 Å². The third-order valence-corrected chi connectivity index (χ3v) is 4.34. The molecule has 0 aromatic heterocycles. The second-order valence-electron chi connectivity index (χ2n) is 6.63. The topological polar surface area (TPSA) is 71.1 Å². The minimum Gasteiger partial charge on any atom is -0.497 e. The molecule has 160 valence electrons. The molecule has 1 unspecified atom stereocenters. The first-order valence-corrected chi connectivity index (χ1v) is 10.0. The molecule has 6 heteroatoms. The molecule has 6 nitrogen and oxygen atoms in total. The molecule has 0 bridgehead atoms. The number of carbonyl (C=O) groups is 2. The number of unbranched alkanes of at least 4 members (excludes halogenated alkanes) is 3. The van der Waals surface area contributed by atoms with Crippen molar-refractivity contribution in [2.45, 2.75) is 45.3 Å². The fourth-order valence-corrected chi connectivity index (χ4v) is 2.69. The van der Waals surface area contributed by atoms with Crippen molar-refractivity contribution in [1.29, 1.82) is 0 Å². The Labute approximate surface area is 177 Å². The Morgan fingerprint density at radius 2 is 1.57 bits per heavy atom. The lowest BCUT2D eigenvalue weighted by Crippen LogP contribution is -2.23. The quantitative estimate of drug-likeness (QED) is 0.154. The third-order valence-electron chi connectivity index (χ3n) is 4.34. The summed E-state index contributed by atoms with van der Waals surface area (Å²) < 4.78 is 21.5. The average molecular weight is 412 g/mol. The van der Waals surface area contributed by atoms with Gasteiger partial charge in [0.25, 0.3) is 0 Å². The maximum Gasteiger partial charge on any atom is 0.343 e. The fourth-order valence-electron chi connectivity index (χ4n) is 2.69. The molecule has 0 spiro atoms. The normalized spacial score (nSPS) is 11.3. The number of carbonyl (C=O) groups excluding carboxylic acids is 2. The van der Waals surface area contributed by atoms with Crippen LogP contribution in [0, 0.1) is 0 Å². The Hall–Kier alpha value is -3.28. The van der Waals surface area contributed by atoms with Crippen LogP contribution in [-0.2, 0) is 9.53 Å². The van der Waals surface area contributed by atoms with E-state index in [0.29, 0.717) is 29.2 Å². The van der Waals surface area contributed by atoms with Gasteiger partial charge in [-0.2, -0.15) is 0 Å². The second-order valence-corrected chi connectivity index (χ2v) is 6.63. The van der Waals surface area contributed by atoms with Crippen molar-refractivity contribution < 1.29 is 28.5 Å². The third kappa shape index (κ3) is 7.62. The minimum absolute atomic E-state index is 0.380. The van der Waals surface area contributed by atoms with E-state index in [1.54, 1.807) is 55.6 Å². The molecule has 0 aliphatic heterocycles. The van der Waals surface area contributed by atoms with Gasteiger partial charge in [0.1, 0.15) is 17.2 Å². The van der Waals surface area contributed by atoms with Crippen molar-refractivity contribution >= 4 is 11.9 Å². The number of hydrogen-bond donors (Lipinski definition) is 0. The maximum atomic E-state index is 12.2. The van der Waals surface area contributed by atoms with Crippen molar-refractivity contribution in [1.82, 2.24) is 0 Å². The Morgan fingerprint density at radius 3 is 2.17 bits per heavy atom. The number of benzene rings is 2. The molecule has 1 atom stereocenters. The highest BCUT2D eigenvalue weighted by atomic mass is 16.7. The van der Waals surface area contributed by atoms with Crippen LogP contribution in [0.3, 0.4) is 0 Å². The number of esters is 2. The zero-order chi connectivity index (χ0) is 21.8. The van der Waals surface area contributed by atoms with Gasteiger partial charge in [0.2, 0.25) is 6.29 Å². The zero-order valence-corrected chi connectivity index (χ0v) is 17.5. The van der Waals surface area contributed by atoms with Gasteiger partial charge in [0.05, 0.1) is 12.7 Å². The molecule has 0 aliphatic carbocycles. The number of methoxy groups -OCH3 is 1. The Morgan fingerprint density at radius 1 is 0.933 bits per heavy atom. The first-order valence-electron chi connectivity index (χ1n) is 10.0. The number of ether oxygens (including phenoxy) is 4. The van der Waals surface area contributed by atoms with Crippen LogP contribution in [0.5, 0.6) is 17.2 Å². The standard InChI is InChI=1S/C24H28O6/c1-4-6-7-8-9-23(30-22(25)5-2)28-20-14-16-21(17-15-20)29-24(26)18-10-12-19(27-3)13-11-18/h5,10-17,23H,2,4,6-9H2,1,3H3. The summed E-state index contributed by atoms with van der Waals surface area (Å²) in [6, 6.07) is 13.2. The molecule has 30 heavy (non-hydrogen) atoms. The summed E-state index contributed by atoms with van der Waals surface area (Å²) in [5.74, 6) is 0.553. The van der Waals surface area contributed by atoms with E-state index >= 15 is 0 Å². The van der Waals surface area contributed by atoms with Crippen LogP contribution < -0.4 is 14.2 Å². The largest absolute Gasteiger partial charge is 0.497 e. The van der Waals surface area contributed by atoms with Gasteiger partial charge in [-0.3, -0.25) is 0 Å². The van der Waals surface area contributed by atoms with E-state index in [2.05, 4.69) is 13.5 Å². The van der Waals surface area contributed by atoms with E-state index in [1.165, 1.54) is 0 Å². The van der Waals surface area contributed by atoms with E-state index in [4.69, 9.17) is 18.9 Å². The molecular formula is C24H28O6. The molecule has 2 aromatic carbocycles. The van der Waals surface area contributed by atoms with E-state index in [1.807, 2.05) is 0 Å². The summed E-state index contributed by atoms with van der Waals surface area (Å²) >= 11 is 0. The summed E-state index contributed by atoms with van der Waals surface area (Å²) in [6.07, 6.45) is 5.19. The van der Waals surface area contributed by atoms with E-state index in [-0.39, 0.29) is 0 Å². The van der Waals surface area contributed by atoms with Crippen LogP contribution in [-0.4, -0.2) is 25.3 Å². The number of hydrogen-bond acceptors (Lipinski definition) is 6. The molecule has 0 N–H and O–H groups in total. The van der Waals surface area contributed by atoms with E-state index in [9.17, 15) is 9.59 Å². The molecule has 0 heterocycles. The Kier molecular flexibility index (Phi) is 9.45. The number of rotatable bonds is 12. The monoisotopic (exact) mass is 412 g/mol. The molecule has 2 aromatic rings. The van der Waals surface area contributed by atoms with Crippen LogP contribution in [0.4, 0.5) is 0 Å².